The van der Waals surface area contributed by atoms with Crippen LogP contribution in [0.15, 0.2) is 48.5 Å². The zero-order chi connectivity index (χ0) is 10.3. The van der Waals surface area contributed by atoms with Gasteiger partial charge in [0.25, 0.3) is 7.41 Å². The molecule has 3 rings (SSSR count). The van der Waals surface area contributed by atoms with Gasteiger partial charge < -0.3 is 4.81 Å². The lowest BCUT2D eigenvalue weighted by molar-refractivity contribution is 1.31. The van der Waals surface area contributed by atoms with Gasteiger partial charge in [-0.1, -0.05) is 47.9 Å². The van der Waals surface area contributed by atoms with Crippen molar-refractivity contribution in [2.24, 2.45) is 0 Å². The van der Waals surface area contributed by atoms with Gasteiger partial charge in [0.1, 0.15) is 0 Å². The highest BCUT2D eigenvalue weighted by Gasteiger charge is 2.19. The quantitative estimate of drug-likeness (QED) is 0.576. The molecule has 0 spiro atoms. The third-order valence-electron chi connectivity index (χ3n) is 3.03. The van der Waals surface area contributed by atoms with E-state index in [2.05, 4.69) is 60.4 Å². The fourth-order valence-electron chi connectivity index (χ4n) is 2.30. The molecule has 0 fully saturated rings. The van der Waals surface area contributed by atoms with Crippen LogP contribution in [0, 0.1) is 0 Å². The van der Waals surface area contributed by atoms with Gasteiger partial charge >= 0.3 is 0 Å². The Balaban J connectivity index is 2.30. The Morgan fingerprint density at radius 2 is 1.53 bits per heavy atom. The maximum Gasteiger partial charge on any atom is 0.270 e. The van der Waals surface area contributed by atoms with Crippen LogP contribution in [0.1, 0.15) is 0 Å². The molecule has 15 heavy (non-hydrogen) atoms. The van der Waals surface area contributed by atoms with E-state index in [-0.39, 0.29) is 0 Å². The highest BCUT2D eigenvalue weighted by Crippen LogP contribution is 2.31. The van der Waals surface area contributed by atoms with Gasteiger partial charge in [0.2, 0.25) is 0 Å². The van der Waals surface area contributed by atoms with Gasteiger partial charge in [-0.3, -0.25) is 0 Å². The predicted molar refractivity (Wildman–Crippen MR) is 67.1 cm³/mol. The smallest absolute Gasteiger partial charge is 0.270 e. The van der Waals surface area contributed by atoms with Crippen molar-refractivity contribution in [3.63, 3.8) is 0 Å². The predicted octanol–water partition coefficient (Wildman–Crippen LogP) is 1.78. The molecule has 0 saturated carbocycles. The van der Waals surface area contributed by atoms with Gasteiger partial charge in [-0.25, -0.2) is 0 Å². The molecular formula is C13H12BN. The van der Waals surface area contributed by atoms with Crippen LogP contribution in [0.2, 0.25) is 0 Å². The number of rotatable bonds is 0. The summed E-state index contributed by atoms with van der Waals surface area (Å²) in [7, 11) is 3.15. The standard InChI is InChI=1S/C13H12BN/c1-15-13-9-5-3-7-11(13)10-6-2-4-8-12(10)14-15/h2-9,14H,1H3. The second kappa shape index (κ2) is 3.16. The van der Waals surface area contributed by atoms with Gasteiger partial charge in [-0.15, -0.1) is 0 Å². The molecule has 0 aliphatic carbocycles. The Labute approximate surface area is 90.6 Å². The number of para-hydroxylation sites is 1. The van der Waals surface area contributed by atoms with Crippen LogP contribution in [-0.2, 0) is 0 Å². The van der Waals surface area contributed by atoms with Crippen LogP contribution >= 0.6 is 0 Å². The highest BCUT2D eigenvalue weighted by atomic mass is 15.0. The molecule has 2 heteroatoms. The highest BCUT2D eigenvalue weighted by molar-refractivity contribution is 6.61. The molecular weight excluding hydrogens is 181 g/mol. The molecule has 1 aliphatic heterocycles. The maximum absolute atomic E-state index is 2.30. The number of hydrogen-bond acceptors (Lipinski definition) is 1. The van der Waals surface area contributed by atoms with Crippen molar-refractivity contribution in [1.82, 2.24) is 0 Å². The minimum atomic E-state index is 1.01. The number of anilines is 1. The summed E-state index contributed by atoms with van der Waals surface area (Å²) >= 11 is 0. The molecule has 1 nitrogen and oxygen atoms in total. The lowest BCUT2D eigenvalue weighted by atomic mass is 9.72. The Hall–Kier alpha value is -1.70. The molecule has 0 atom stereocenters. The van der Waals surface area contributed by atoms with E-state index in [9.17, 15) is 0 Å². The van der Waals surface area contributed by atoms with Crippen LogP contribution in [-0.4, -0.2) is 14.5 Å². The molecule has 0 bridgehead atoms. The summed E-state index contributed by atoms with van der Waals surface area (Å²) in [5, 5.41) is 0. The van der Waals surface area contributed by atoms with Crippen LogP contribution in [0.5, 0.6) is 0 Å². The fourth-order valence-corrected chi connectivity index (χ4v) is 2.30. The second-order valence-electron chi connectivity index (χ2n) is 4.03. The van der Waals surface area contributed by atoms with Crippen molar-refractivity contribution < 1.29 is 0 Å². The molecule has 0 radical (unpaired) electrons. The van der Waals surface area contributed by atoms with Gasteiger partial charge in [0.15, 0.2) is 0 Å². The molecule has 0 aromatic heterocycles. The molecule has 72 valence electrons. The largest absolute Gasteiger partial charge is 0.416 e. The molecule has 0 amide bonds. The average Bonchev–Trinajstić information content (AvgIpc) is 2.30. The first-order valence-electron chi connectivity index (χ1n) is 5.25. The summed E-state index contributed by atoms with van der Waals surface area (Å²) in [6.45, 7) is 0. The normalized spacial score (nSPS) is 12.7. The van der Waals surface area contributed by atoms with E-state index in [4.69, 9.17) is 0 Å². The molecule has 1 aliphatic rings. The summed E-state index contributed by atoms with van der Waals surface area (Å²) in [6.07, 6.45) is 0. The van der Waals surface area contributed by atoms with Crippen molar-refractivity contribution in [3.05, 3.63) is 48.5 Å². The lowest BCUT2D eigenvalue weighted by Gasteiger charge is -2.28. The molecule has 0 unspecified atom stereocenters. The molecule has 1 heterocycles. The number of nitrogens with zero attached hydrogens (tertiary/aromatic N) is 1. The summed E-state index contributed by atoms with van der Waals surface area (Å²) in [5.41, 5.74) is 5.47. The third-order valence-corrected chi connectivity index (χ3v) is 3.03. The third kappa shape index (κ3) is 1.25. The van der Waals surface area contributed by atoms with Crippen molar-refractivity contribution in [2.45, 2.75) is 0 Å². The number of benzene rings is 2. The molecule has 2 aromatic rings. The Bertz CT molecular complexity index is 507. The van der Waals surface area contributed by atoms with E-state index in [0.29, 0.717) is 0 Å². The average molecular weight is 193 g/mol. The van der Waals surface area contributed by atoms with Gasteiger partial charge in [0.05, 0.1) is 0 Å². The Morgan fingerprint density at radius 3 is 2.40 bits per heavy atom. The van der Waals surface area contributed by atoms with Gasteiger partial charge in [-0.05, 0) is 18.7 Å². The zero-order valence-corrected chi connectivity index (χ0v) is 8.77. The molecule has 0 saturated heterocycles. The Morgan fingerprint density at radius 1 is 0.867 bits per heavy atom. The van der Waals surface area contributed by atoms with Crippen LogP contribution in [0.3, 0.4) is 0 Å². The maximum atomic E-state index is 2.30. The van der Waals surface area contributed by atoms with Crippen molar-refractivity contribution >= 4 is 18.6 Å². The van der Waals surface area contributed by atoms with Crippen LogP contribution < -0.4 is 10.3 Å². The summed E-state index contributed by atoms with van der Waals surface area (Å²) < 4.78 is 0. The van der Waals surface area contributed by atoms with E-state index in [0.717, 1.165) is 7.41 Å². The van der Waals surface area contributed by atoms with Crippen molar-refractivity contribution in [3.8, 4) is 11.1 Å². The molecule has 0 N–H and O–H groups in total. The van der Waals surface area contributed by atoms with E-state index in [1.165, 1.54) is 22.3 Å². The first kappa shape index (κ1) is 8.60. The van der Waals surface area contributed by atoms with Crippen LogP contribution in [0.4, 0.5) is 5.69 Å². The summed E-state index contributed by atoms with van der Waals surface area (Å²) in [4.78, 5) is 2.30. The Kier molecular flexibility index (Phi) is 1.81. The number of fused-ring (bicyclic) bond motifs is 3. The summed E-state index contributed by atoms with van der Waals surface area (Å²) in [5.74, 6) is 0. The molecule has 2 aromatic carbocycles. The van der Waals surface area contributed by atoms with E-state index in [1.807, 2.05) is 0 Å². The van der Waals surface area contributed by atoms with Gasteiger partial charge in [0, 0.05) is 11.3 Å². The van der Waals surface area contributed by atoms with E-state index in [1.54, 1.807) is 0 Å². The first-order valence-corrected chi connectivity index (χ1v) is 5.25. The number of hydrogen-bond donors (Lipinski definition) is 0. The first-order chi connectivity index (χ1) is 7.36. The van der Waals surface area contributed by atoms with Crippen LogP contribution in [0.25, 0.3) is 11.1 Å². The zero-order valence-electron chi connectivity index (χ0n) is 8.77. The SMILES string of the molecule is CN1Bc2ccccc2-c2ccccc21. The minimum Gasteiger partial charge on any atom is -0.416 e. The fraction of sp³-hybridized carbons (Fsp3) is 0.0769. The van der Waals surface area contributed by atoms with E-state index < -0.39 is 0 Å². The van der Waals surface area contributed by atoms with E-state index >= 15 is 0 Å². The second-order valence-corrected chi connectivity index (χ2v) is 4.03. The monoisotopic (exact) mass is 193 g/mol. The lowest BCUT2D eigenvalue weighted by Crippen LogP contribution is -2.37. The topological polar surface area (TPSA) is 3.24 Å². The summed E-state index contributed by atoms with van der Waals surface area (Å²) in [6, 6.07) is 17.2. The van der Waals surface area contributed by atoms with Crippen molar-refractivity contribution in [2.75, 3.05) is 11.9 Å². The van der Waals surface area contributed by atoms with Crippen molar-refractivity contribution in [1.29, 1.82) is 0 Å². The minimum absolute atomic E-state index is 1.01. The van der Waals surface area contributed by atoms with Gasteiger partial charge in [-0.2, -0.15) is 0 Å².